The fraction of sp³-hybridized carbons (Fsp3) is 0.167. The molecule has 166 valence electrons. The summed E-state index contributed by atoms with van der Waals surface area (Å²) in [4.78, 5) is 35.6. The van der Waals surface area contributed by atoms with Crippen LogP contribution in [0.2, 0.25) is 5.02 Å². The number of nitrogens with two attached hydrogens (primary N) is 1. The summed E-state index contributed by atoms with van der Waals surface area (Å²) in [6.45, 7) is 3.03. The molecule has 3 aromatic heterocycles. The minimum absolute atomic E-state index is 0.207. The summed E-state index contributed by atoms with van der Waals surface area (Å²) < 4.78 is 1.96. The number of carbonyl (C=O) groups excluding carboxylic acids is 2. The van der Waals surface area contributed by atoms with Gasteiger partial charge in [0.2, 0.25) is 0 Å². The molecule has 3 amide bonds. The Labute approximate surface area is 195 Å². The topological polar surface area (TPSA) is 106 Å². The summed E-state index contributed by atoms with van der Waals surface area (Å²) in [5.41, 5.74) is 10.4. The molecule has 0 bridgehead atoms. The number of hydrogen-bond acceptors (Lipinski definition) is 4. The van der Waals surface area contributed by atoms with Crippen LogP contribution in [0.1, 0.15) is 21.7 Å². The molecule has 0 unspecified atom stereocenters. The molecule has 0 saturated heterocycles. The van der Waals surface area contributed by atoms with E-state index in [2.05, 4.69) is 15.3 Å². The average Bonchev–Trinajstić information content (AvgIpc) is 3.10. The number of benzene rings is 1. The number of aromatic nitrogens is 3. The zero-order chi connectivity index (χ0) is 23.1. The van der Waals surface area contributed by atoms with Gasteiger partial charge in [-0.05, 0) is 43.3 Å². The van der Waals surface area contributed by atoms with Gasteiger partial charge in [0.25, 0.3) is 5.91 Å². The van der Waals surface area contributed by atoms with Gasteiger partial charge in [-0.1, -0.05) is 17.7 Å². The summed E-state index contributed by atoms with van der Waals surface area (Å²) in [5.74, 6) is -0.626. The minimum atomic E-state index is -0.626. The van der Waals surface area contributed by atoms with Gasteiger partial charge in [-0.3, -0.25) is 14.8 Å². The van der Waals surface area contributed by atoms with E-state index in [9.17, 15) is 9.59 Å². The van der Waals surface area contributed by atoms with E-state index in [1.807, 2.05) is 54.0 Å². The Bertz CT molecular complexity index is 1400. The minimum Gasteiger partial charge on any atom is -0.365 e. The Kier molecular flexibility index (Phi) is 5.22. The number of fused-ring (bicyclic) bond motifs is 2. The van der Waals surface area contributed by atoms with Crippen LogP contribution in [0.25, 0.3) is 22.2 Å². The molecule has 0 saturated carbocycles. The molecule has 0 aliphatic carbocycles. The van der Waals surface area contributed by atoms with Gasteiger partial charge in [0, 0.05) is 47.8 Å². The summed E-state index contributed by atoms with van der Waals surface area (Å²) in [6.07, 6.45) is 3.45. The number of aryl methyl sites for hydroxylation is 1. The summed E-state index contributed by atoms with van der Waals surface area (Å²) >= 11 is 6.63. The van der Waals surface area contributed by atoms with Crippen LogP contribution in [0.4, 0.5) is 10.5 Å². The first kappa shape index (κ1) is 21.0. The molecule has 4 aromatic rings. The number of nitrogens with one attached hydrogen (secondary N) is 1. The van der Waals surface area contributed by atoms with Crippen LogP contribution in [0.5, 0.6) is 0 Å². The lowest BCUT2D eigenvalue weighted by Crippen LogP contribution is -2.41. The molecule has 1 aromatic carbocycles. The Morgan fingerprint density at radius 3 is 2.73 bits per heavy atom. The average molecular weight is 461 g/mol. The number of amides is 3. The van der Waals surface area contributed by atoms with Crippen LogP contribution in [0.3, 0.4) is 0 Å². The molecule has 0 radical (unpaired) electrons. The number of hydrogen-bond donors (Lipinski definition) is 2. The molecule has 9 heteroatoms. The molecule has 0 fully saturated rings. The SMILES string of the molecule is Cc1ccc(-c2c(Cl)c(C(N)=O)c3n2CCN(C(=O)Nc2ccc4ncccc4c2)C3)cn1. The number of primary amides is 1. The maximum absolute atomic E-state index is 13.0. The van der Waals surface area contributed by atoms with E-state index in [0.717, 1.165) is 22.2 Å². The standard InChI is InChI=1S/C24H21ClN6O2/c1-14-4-5-16(12-28-14)22-21(25)20(23(26)32)19-13-30(9-10-31(19)22)24(33)29-17-6-7-18-15(11-17)3-2-8-27-18/h2-8,11-12H,9-10,13H2,1H3,(H2,26,32)(H,29,33). The van der Waals surface area contributed by atoms with Crippen LogP contribution >= 0.6 is 11.6 Å². The normalized spacial score (nSPS) is 13.1. The van der Waals surface area contributed by atoms with Gasteiger partial charge in [-0.15, -0.1) is 0 Å². The molecule has 1 aliphatic heterocycles. The number of urea groups is 1. The third kappa shape index (κ3) is 3.78. The number of anilines is 1. The molecule has 3 N–H and O–H groups in total. The van der Waals surface area contributed by atoms with Crippen LogP contribution in [0, 0.1) is 6.92 Å². The fourth-order valence-electron chi connectivity index (χ4n) is 4.20. The first-order chi connectivity index (χ1) is 15.9. The number of pyridine rings is 2. The highest BCUT2D eigenvalue weighted by Crippen LogP contribution is 2.37. The van der Waals surface area contributed by atoms with Crippen molar-refractivity contribution in [2.75, 3.05) is 11.9 Å². The number of nitrogens with zero attached hydrogens (tertiary/aromatic N) is 4. The van der Waals surface area contributed by atoms with E-state index in [1.165, 1.54) is 0 Å². The highest BCUT2D eigenvalue weighted by Gasteiger charge is 2.31. The molecular formula is C24H21ClN6O2. The zero-order valence-electron chi connectivity index (χ0n) is 17.9. The van der Waals surface area contributed by atoms with Gasteiger partial charge in [0.05, 0.1) is 34.0 Å². The molecule has 5 rings (SSSR count). The van der Waals surface area contributed by atoms with Gasteiger partial charge in [0.15, 0.2) is 0 Å². The van der Waals surface area contributed by atoms with Crippen LogP contribution in [0.15, 0.2) is 54.9 Å². The van der Waals surface area contributed by atoms with E-state index in [0.29, 0.717) is 30.2 Å². The smallest absolute Gasteiger partial charge is 0.322 e. The monoisotopic (exact) mass is 460 g/mol. The Morgan fingerprint density at radius 2 is 1.97 bits per heavy atom. The van der Waals surface area contributed by atoms with E-state index < -0.39 is 5.91 Å². The number of carbonyl (C=O) groups is 2. The van der Waals surface area contributed by atoms with Crippen molar-refractivity contribution in [3.05, 3.63) is 76.8 Å². The summed E-state index contributed by atoms with van der Waals surface area (Å²) in [6, 6.07) is 12.9. The zero-order valence-corrected chi connectivity index (χ0v) is 18.6. The number of rotatable bonds is 3. The molecular weight excluding hydrogens is 440 g/mol. The molecule has 8 nitrogen and oxygen atoms in total. The maximum atomic E-state index is 13.0. The van der Waals surface area contributed by atoms with E-state index in [1.54, 1.807) is 17.3 Å². The van der Waals surface area contributed by atoms with Crippen molar-refractivity contribution in [2.45, 2.75) is 20.0 Å². The second kappa shape index (κ2) is 8.22. The predicted molar refractivity (Wildman–Crippen MR) is 127 cm³/mol. The molecule has 33 heavy (non-hydrogen) atoms. The lowest BCUT2D eigenvalue weighted by Gasteiger charge is -2.30. The fourth-order valence-corrected chi connectivity index (χ4v) is 4.61. The van der Waals surface area contributed by atoms with Crippen molar-refractivity contribution < 1.29 is 9.59 Å². The lowest BCUT2D eigenvalue weighted by atomic mass is 10.1. The van der Waals surface area contributed by atoms with Crippen LogP contribution in [-0.4, -0.2) is 37.9 Å². The van der Waals surface area contributed by atoms with Gasteiger partial charge in [-0.25, -0.2) is 4.79 Å². The van der Waals surface area contributed by atoms with Gasteiger partial charge in [0.1, 0.15) is 0 Å². The van der Waals surface area contributed by atoms with E-state index in [4.69, 9.17) is 17.3 Å². The quantitative estimate of drug-likeness (QED) is 0.477. The second-order valence-corrected chi connectivity index (χ2v) is 8.33. The first-order valence-corrected chi connectivity index (χ1v) is 10.8. The van der Waals surface area contributed by atoms with Crippen molar-refractivity contribution in [3.8, 4) is 11.3 Å². The van der Waals surface area contributed by atoms with Crippen molar-refractivity contribution in [1.29, 1.82) is 0 Å². The Morgan fingerprint density at radius 1 is 1.12 bits per heavy atom. The van der Waals surface area contributed by atoms with Gasteiger partial charge >= 0.3 is 6.03 Å². The molecule has 0 spiro atoms. The molecule has 4 heterocycles. The summed E-state index contributed by atoms with van der Waals surface area (Å²) in [7, 11) is 0. The van der Waals surface area contributed by atoms with E-state index >= 15 is 0 Å². The highest BCUT2D eigenvalue weighted by molar-refractivity contribution is 6.36. The Hall–Kier alpha value is -3.91. The van der Waals surface area contributed by atoms with Crippen molar-refractivity contribution in [3.63, 3.8) is 0 Å². The first-order valence-electron chi connectivity index (χ1n) is 10.5. The largest absolute Gasteiger partial charge is 0.365 e. The van der Waals surface area contributed by atoms with Crippen molar-refractivity contribution in [2.24, 2.45) is 5.73 Å². The van der Waals surface area contributed by atoms with E-state index in [-0.39, 0.29) is 23.2 Å². The third-order valence-corrected chi connectivity index (χ3v) is 6.19. The lowest BCUT2D eigenvalue weighted by molar-refractivity contribution is 0.0997. The molecule has 0 atom stereocenters. The van der Waals surface area contributed by atoms with Crippen molar-refractivity contribution >= 4 is 40.1 Å². The summed E-state index contributed by atoms with van der Waals surface area (Å²) in [5, 5.41) is 4.15. The second-order valence-electron chi connectivity index (χ2n) is 7.95. The van der Waals surface area contributed by atoms with Crippen LogP contribution in [-0.2, 0) is 13.1 Å². The Balaban J connectivity index is 1.45. The molecule has 1 aliphatic rings. The van der Waals surface area contributed by atoms with Gasteiger partial charge in [-0.2, -0.15) is 0 Å². The number of halogens is 1. The maximum Gasteiger partial charge on any atom is 0.322 e. The van der Waals surface area contributed by atoms with Crippen LogP contribution < -0.4 is 11.1 Å². The third-order valence-electron chi connectivity index (χ3n) is 5.82. The highest BCUT2D eigenvalue weighted by atomic mass is 35.5. The van der Waals surface area contributed by atoms with Crippen molar-refractivity contribution in [1.82, 2.24) is 19.4 Å². The predicted octanol–water partition coefficient (Wildman–Crippen LogP) is 4.21. The van der Waals surface area contributed by atoms with Gasteiger partial charge < -0.3 is 20.5 Å².